The molecule has 3 aromatic heterocycles. The van der Waals surface area contributed by atoms with E-state index in [1.807, 2.05) is 13.2 Å². The molecule has 0 aliphatic heterocycles. The Kier molecular flexibility index (Phi) is 5.49. The molecular formula is C34H33NO2. The van der Waals surface area contributed by atoms with Gasteiger partial charge in [-0.25, -0.2) is 4.98 Å². The van der Waals surface area contributed by atoms with Gasteiger partial charge in [-0.2, -0.15) is 0 Å². The predicted octanol–water partition coefficient (Wildman–Crippen LogP) is 9.87. The number of hydrogen-bond donors (Lipinski definition) is 0. The van der Waals surface area contributed by atoms with Gasteiger partial charge in [0.25, 0.3) is 0 Å². The molecule has 0 aliphatic rings. The molecule has 3 aromatic carbocycles. The molecule has 0 saturated heterocycles. The minimum atomic E-state index is 0.00293. The summed E-state index contributed by atoms with van der Waals surface area (Å²) in [6.45, 7) is 13.3. The Labute approximate surface area is 218 Å². The monoisotopic (exact) mass is 487 g/mol. The number of hydrogen-bond acceptors (Lipinski definition) is 3. The molecule has 3 heterocycles. The number of pyridine rings is 1. The topological polar surface area (TPSA) is 39.2 Å². The van der Waals surface area contributed by atoms with E-state index >= 15 is 0 Å². The molecule has 0 fully saturated rings. The summed E-state index contributed by atoms with van der Waals surface area (Å²) < 4.78 is 12.0. The Balaban J connectivity index is 1.59. The third kappa shape index (κ3) is 4.23. The summed E-state index contributed by atoms with van der Waals surface area (Å²) in [4.78, 5) is 5.01. The zero-order chi connectivity index (χ0) is 25.9. The summed E-state index contributed by atoms with van der Waals surface area (Å²) in [5, 5.41) is 4.73. The van der Waals surface area contributed by atoms with Crippen LogP contribution in [0.25, 0.3) is 55.2 Å². The molecule has 3 nitrogen and oxygen atoms in total. The quantitative estimate of drug-likeness (QED) is 0.248. The molecule has 0 spiro atoms. The Morgan fingerprint density at radius 1 is 0.838 bits per heavy atom. The van der Waals surface area contributed by atoms with Crippen molar-refractivity contribution in [1.82, 2.24) is 4.98 Å². The number of aromatic nitrogens is 1. The van der Waals surface area contributed by atoms with Crippen molar-refractivity contribution >= 4 is 32.8 Å². The van der Waals surface area contributed by atoms with Gasteiger partial charge in [0.1, 0.15) is 11.3 Å². The lowest BCUT2D eigenvalue weighted by Crippen LogP contribution is -2.12. The van der Waals surface area contributed by atoms with Crippen LogP contribution in [0.4, 0.5) is 0 Å². The molecular weight excluding hydrogens is 454 g/mol. The highest BCUT2D eigenvalue weighted by atomic mass is 16.3. The molecule has 0 amide bonds. The van der Waals surface area contributed by atoms with Crippen molar-refractivity contribution in [2.45, 2.75) is 53.4 Å². The number of rotatable bonds is 4. The maximum atomic E-state index is 6.10. The summed E-state index contributed by atoms with van der Waals surface area (Å²) in [5.74, 6) is 1.42. The molecule has 0 radical (unpaired) electrons. The van der Waals surface area contributed by atoms with E-state index in [9.17, 15) is 0 Å². The second-order valence-electron chi connectivity index (χ2n) is 11.7. The fourth-order valence-electron chi connectivity index (χ4n) is 5.45. The van der Waals surface area contributed by atoms with Gasteiger partial charge in [0.2, 0.25) is 5.71 Å². The van der Waals surface area contributed by atoms with Crippen LogP contribution < -0.4 is 0 Å². The molecule has 37 heavy (non-hydrogen) atoms. The molecule has 6 aromatic rings. The third-order valence-corrected chi connectivity index (χ3v) is 7.19. The fourth-order valence-corrected chi connectivity index (χ4v) is 5.45. The molecule has 3 heteroatoms. The zero-order valence-electron chi connectivity index (χ0n) is 22.5. The van der Waals surface area contributed by atoms with Crippen LogP contribution in [-0.4, -0.2) is 4.98 Å². The standard InChI is InChI=1S/C34H33NO2/c1-20(2)13-25-19-36-32-12-11-23(16-28(25)32)27-18-31(35-33-29(27)14-21(3)37-33)24-15-22-9-7-8-10-26(22)30(17-24)34(4,5)6/h7-12,14-20H,13H2,1-6H3. The first-order chi connectivity index (χ1) is 17.7. The summed E-state index contributed by atoms with van der Waals surface area (Å²) in [6.07, 6.45) is 2.90. The zero-order valence-corrected chi connectivity index (χ0v) is 22.5. The normalized spacial score (nSPS) is 12.4. The van der Waals surface area contributed by atoms with E-state index in [2.05, 4.69) is 101 Å². The van der Waals surface area contributed by atoms with Crippen LogP contribution in [0.1, 0.15) is 51.5 Å². The lowest BCUT2D eigenvalue weighted by Gasteiger charge is -2.22. The average Bonchev–Trinajstić information content (AvgIpc) is 3.43. The molecule has 186 valence electrons. The van der Waals surface area contributed by atoms with Gasteiger partial charge in [-0.3, -0.25) is 0 Å². The van der Waals surface area contributed by atoms with E-state index in [1.165, 1.54) is 27.3 Å². The number of nitrogens with zero attached hydrogens (tertiary/aromatic N) is 1. The lowest BCUT2D eigenvalue weighted by atomic mass is 9.82. The van der Waals surface area contributed by atoms with Gasteiger partial charge in [0.05, 0.1) is 12.0 Å². The van der Waals surface area contributed by atoms with Crippen molar-refractivity contribution in [3.05, 3.63) is 89.9 Å². The van der Waals surface area contributed by atoms with Gasteiger partial charge < -0.3 is 8.83 Å². The van der Waals surface area contributed by atoms with Crippen LogP contribution >= 0.6 is 0 Å². The number of furan rings is 2. The van der Waals surface area contributed by atoms with Crippen molar-refractivity contribution in [3.8, 4) is 22.4 Å². The van der Waals surface area contributed by atoms with Gasteiger partial charge in [-0.15, -0.1) is 0 Å². The van der Waals surface area contributed by atoms with E-state index in [0.717, 1.165) is 45.5 Å². The highest BCUT2D eigenvalue weighted by molar-refractivity contribution is 5.98. The first kappa shape index (κ1) is 23.5. The first-order valence-corrected chi connectivity index (χ1v) is 13.1. The van der Waals surface area contributed by atoms with Crippen molar-refractivity contribution in [1.29, 1.82) is 0 Å². The SMILES string of the molecule is Cc1cc2c(-c3ccc4occ(CC(C)C)c4c3)cc(-c3cc(C(C)(C)C)c4ccccc4c3)nc2o1. The van der Waals surface area contributed by atoms with Crippen LogP contribution in [0.15, 0.2) is 81.8 Å². The van der Waals surface area contributed by atoms with Gasteiger partial charge in [0, 0.05) is 16.3 Å². The number of aryl methyl sites for hydroxylation is 1. The summed E-state index contributed by atoms with van der Waals surface area (Å²) >= 11 is 0. The maximum absolute atomic E-state index is 6.10. The fraction of sp³-hybridized carbons (Fsp3) is 0.265. The van der Waals surface area contributed by atoms with Crippen LogP contribution in [0.5, 0.6) is 0 Å². The van der Waals surface area contributed by atoms with Crippen molar-refractivity contribution < 1.29 is 8.83 Å². The molecule has 6 rings (SSSR count). The number of benzene rings is 3. The van der Waals surface area contributed by atoms with Gasteiger partial charge >= 0.3 is 0 Å². The van der Waals surface area contributed by atoms with E-state index in [4.69, 9.17) is 13.8 Å². The highest BCUT2D eigenvalue weighted by Crippen LogP contribution is 2.39. The van der Waals surface area contributed by atoms with Crippen LogP contribution in [0.3, 0.4) is 0 Å². The van der Waals surface area contributed by atoms with Crippen molar-refractivity contribution in [2.24, 2.45) is 5.92 Å². The van der Waals surface area contributed by atoms with E-state index in [-0.39, 0.29) is 5.41 Å². The summed E-state index contributed by atoms with van der Waals surface area (Å²) in [7, 11) is 0. The van der Waals surface area contributed by atoms with Crippen LogP contribution in [0, 0.1) is 12.8 Å². The average molecular weight is 488 g/mol. The van der Waals surface area contributed by atoms with Gasteiger partial charge in [-0.05, 0) is 94.1 Å². The largest absolute Gasteiger partial charge is 0.464 e. The van der Waals surface area contributed by atoms with Gasteiger partial charge in [-0.1, -0.05) is 65.0 Å². The van der Waals surface area contributed by atoms with E-state index < -0.39 is 0 Å². The van der Waals surface area contributed by atoms with Gasteiger partial charge in [0.15, 0.2) is 0 Å². The Hall–Kier alpha value is -3.85. The smallest absolute Gasteiger partial charge is 0.227 e. The molecule has 0 N–H and O–H groups in total. The van der Waals surface area contributed by atoms with Crippen molar-refractivity contribution in [2.75, 3.05) is 0 Å². The predicted molar refractivity (Wildman–Crippen MR) is 154 cm³/mol. The molecule has 0 saturated carbocycles. The highest BCUT2D eigenvalue weighted by Gasteiger charge is 2.20. The van der Waals surface area contributed by atoms with Crippen molar-refractivity contribution in [3.63, 3.8) is 0 Å². The lowest BCUT2D eigenvalue weighted by molar-refractivity contribution is 0.568. The first-order valence-electron chi connectivity index (χ1n) is 13.1. The molecule has 0 unspecified atom stereocenters. The Bertz CT molecular complexity index is 1780. The maximum Gasteiger partial charge on any atom is 0.227 e. The molecule has 0 atom stereocenters. The summed E-state index contributed by atoms with van der Waals surface area (Å²) in [5.41, 5.74) is 8.47. The minimum Gasteiger partial charge on any atom is -0.464 e. The Morgan fingerprint density at radius 2 is 1.65 bits per heavy atom. The molecule has 0 bridgehead atoms. The second-order valence-corrected chi connectivity index (χ2v) is 11.7. The summed E-state index contributed by atoms with van der Waals surface area (Å²) in [6, 6.07) is 24.0. The van der Waals surface area contributed by atoms with Crippen LogP contribution in [-0.2, 0) is 11.8 Å². The van der Waals surface area contributed by atoms with E-state index in [0.29, 0.717) is 11.6 Å². The Morgan fingerprint density at radius 3 is 2.43 bits per heavy atom. The third-order valence-electron chi connectivity index (χ3n) is 7.19. The van der Waals surface area contributed by atoms with E-state index in [1.54, 1.807) is 0 Å². The van der Waals surface area contributed by atoms with Crippen LogP contribution in [0.2, 0.25) is 0 Å². The molecule has 0 aliphatic carbocycles. The number of fused-ring (bicyclic) bond motifs is 3. The minimum absolute atomic E-state index is 0.00293. The second kappa shape index (κ2) is 8.62.